The molecule has 0 saturated carbocycles. The first kappa shape index (κ1) is 40.8. The molecule has 0 saturated heterocycles. The number of hydrogen-bond donors (Lipinski definition) is 0. The predicted molar refractivity (Wildman–Crippen MR) is 207 cm³/mol. The zero-order chi connectivity index (χ0) is 32.1. The molecule has 0 bridgehead atoms. The van der Waals surface area contributed by atoms with Crippen LogP contribution in [0.25, 0.3) is 22.3 Å². The Bertz CT molecular complexity index is 1470. The molecular formula is C44H53ClO4. The van der Waals surface area contributed by atoms with Gasteiger partial charge in [0.05, 0.1) is 26.1 Å². The number of benzene rings is 4. The van der Waals surface area contributed by atoms with Crippen LogP contribution in [0, 0.1) is 11.8 Å². The molecule has 2 aliphatic carbocycles. The Labute approximate surface area is 300 Å². The Kier molecular flexibility index (Phi) is 17.3. The summed E-state index contributed by atoms with van der Waals surface area (Å²) in [6, 6.07) is 37.2. The molecule has 4 nitrogen and oxygen atoms in total. The van der Waals surface area contributed by atoms with Gasteiger partial charge < -0.3 is 9.47 Å². The molecule has 0 N–H and O–H groups in total. The van der Waals surface area contributed by atoms with E-state index in [1.165, 1.54) is 25.3 Å². The maximum absolute atomic E-state index is 12.3. The summed E-state index contributed by atoms with van der Waals surface area (Å²) in [4.78, 5) is 24.6. The summed E-state index contributed by atoms with van der Waals surface area (Å²) in [5.74, 6) is -0.233. The number of allylic oxidation sites excluding steroid dienone is 4. The molecule has 4 atom stereocenters. The maximum Gasteiger partial charge on any atom is 0.313 e. The van der Waals surface area contributed by atoms with Crippen molar-refractivity contribution in [3.05, 3.63) is 145 Å². The highest BCUT2D eigenvalue weighted by Gasteiger charge is 2.31. The predicted octanol–water partition coefficient (Wildman–Crippen LogP) is 11.6. The average molecular weight is 681 g/mol. The van der Waals surface area contributed by atoms with E-state index in [-0.39, 0.29) is 62.9 Å². The van der Waals surface area contributed by atoms with Gasteiger partial charge in [-0.2, -0.15) is 0 Å². The fraction of sp³-hybridized carbons (Fsp3) is 0.318. The average Bonchev–Trinajstić information content (AvgIpc) is 3.14. The van der Waals surface area contributed by atoms with E-state index < -0.39 is 0 Å². The summed E-state index contributed by atoms with van der Waals surface area (Å²) in [7, 11) is 2.94. The van der Waals surface area contributed by atoms with Gasteiger partial charge in [0.2, 0.25) is 0 Å². The second kappa shape index (κ2) is 20.8. The van der Waals surface area contributed by atoms with Gasteiger partial charge >= 0.3 is 11.9 Å². The minimum atomic E-state index is -0.207. The van der Waals surface area contributed by atoms with Gasteiger partial charge in [-0.1, -0.05) is 148 Å². The molecule has 2 aliphatic rings. The lowest BCUT2D eigenvalue weighted by Gasteiger charge is -2.25. The van der Waals surface area contributed by atoms with Crippen LogP contribution in [0.1, 0.15) is 76.3 Å². The number of hydrogen-bond acceptors (Lipinski definition) is 4. The fourth-order valence-corrected chi connectivity index (χ4v) is 6.63. The van der Waals surface area contributed by atoms with Crippen molar-refractivity contribution in [1.29, 1.82) is 0 Å². The van der Waals surface area contributed by atoms with E-state index in [9.17, 15) is 9.59 Å². The van der Waals surface area contributed by atoms with E-state index in [2.05, 4.69) is 97.1 Å². The molecule has 5 heteroatoms. The highest BCUT2D eigenvalue weighted by atomic mass is 35.5. The van der Waals surface area contributed by atoms with Crippen molar-refractivity contribution in [2.24, 2.45) is 11.8 Å². The Hall–Kier alpha value is -4.41. The van der Waals surface area contributed by atoms with Crippen LogP contribution in [0.3, 0.4) is 0 Å². The van der Waals surface area contributed by atoms with Crippen molar-refractivity contribution in [2.45, 2.75) is 65.2 Å². The standard InChI is InChI=1S/2C21H22O2.2CH4.ClH/c2*1-23-21(22)20(18-10-6-3-7-11-18)19-14-12-17(13-15-19)16-8-4-2-5-9-16;;;/h2*2,4-6,8-10,12-15,18,20H,3,7,11H2,1H3;2*1H4;1H/t2*18-,20+;;;/m11.../s1. The van der Waals surface area contributed by atoms with Crippen LogP contribution in [0.5, 0.6) is 0 Å². The van der Waals surface area contributed by atoms with E-state index in [1.807, 2.05) is 36.4 Å². The maximum atomic E-state index is 12.3. The molecule has 0 heterocycles. The molecule has 0 spiro atoms. The third-order valence-electron chi connectivity index (χ3n) is 9.10. The number of methoxy groups -OCH3 is 2. The Morgan fingerprint density at radius 3 is 1.14 bits per heavy atom. The SMILES string of the molecule is C.C.COC(=O)[C@H](c1ccc(-c2ccccc2)cc1)[C@@H]1C=CCCC1.COC(=O)[C@H](c1ccc(-c2ccccc2)cc1)[C@@H]1C=CCCC1.Cl. The number of carbonyl (C=O) groups excluding carboxylic acids is 2. The van der Waals surface area contributed by atoms with E-state index in [4.69, 9.17) is 9.47 Å². The highest BCUT2D eigenvalue weighted by molar-refractivity contribution is 5.85. The quantitative estimate of drug-likeness (QED) is 0.137. The second-order valence-electron chi connectivity index (χ2n) is 12.0. The third-order valence-corrected chi connectivity index (χ3v) is 9.10. The first-order chi connectivity index (χ1) is 22.6. The zero-order valence-corrected chi connectivity index (χ0v) is 28.1. The smallest absolute Gasteiger partial charge is 0.313 e. The van der Waals surface area contributed by atoms with Crippen LogP contribution in [-0.2, 0) is 19.1 Å². The van der Waals surface area contributed by atoms with Crippen LogP contribution < -0.4 is 0 Å². The molecule has 0 amide bonds. The lowest BCUT2D eigenvalue weighted by atomic mass is 9.80. The Morgan fingerprint density at radius 2 is 0.857 bits per heavy atom. The van der Waals surface area contributed by atoms with Crippen molar-refractivity contribution in [3.8, 4) is 22.3 Å². The van der Waals surface area contributed by atoms with Crippen molar-refractivity contribution in [1.82, 2.24) is 0 Å². The number of halogens is 1. The topological polar surface area (TPSA) is 52.6 Å². The van der Waals surface area contributed by atoms with Crippen LogP contribution in [0.4, 0.5) is 0 Å². The zero-order valence-electron chi connectivity index (χ0n) is 27.3. The Morgan fingerprint density at radius 1 is 0.531 bits per heavy atom. The summed E-state index contributed by atoms with van der Waals surface area (Å²) in [6.07, 6.45) is 15.3. The van der Waals surface area contributed by atoms with E-state index in [0.717, 1.165) is 60.8 Å². The van der Waals surface area contributed by atoms with Crippen LogP contribution in [0.2, 0.25) is 0 Å². The first-order valence-electron chi connectivity index (χ1n) is 16.4. The molecule has 4 aromatic carbocycles. The molecule has 260 valence electrons. The second-order valence-corrected chi connectivity index (χ2v) is 12.0. The lowest BCUT2D eigenvalue weighted by molar-refractivity contribution is -0.144. The third kappa shape index (κ3) is 10.8. The largest absolute Gasteiger partial charge is 0.469 e. The number of carbonyl (C=O) groups is 2. The minimum Gasteiger partial charge on any atom is -0.469 e. The summed E-state index contributed by atoms with van der Waals surface area (Å²) in [6.45, 7) is 0. The van der Waals surface area contributed by atoms with Gasteiger partial charge in [0.1, 0.15) is 0 Å². The molecule has 0 radical (unpaired) electrons. The van der Waals surface area contributed by atoms with Gasteiger partial charge in [0.15, 0.2) is 0 Å². The first-order valence-corrected chi connectivity index (χ1v) is 16.4. The fourth-order valence-electron chi connectivity index (χ4n) is 6.63. The minimum absolute atomic E-state index is 0. The molecule has 0 aliphatic heterocycles. The van der Waals surface area contributed by atoms with Crippen molar-refractivity contribution >= 4 is 24.3 Å². The van der Waals surface area contributed by atoms with Crippen molar-refractivity contribution in [2.75, 3.05) is 14.2 Å². The molecule has 0 unspecified atom stereocenters. The molecular weight excluding hydrogens is 628 g/mol. The van der Waals surface area contributed by atoms with Crippen LogP contribution in [0.15, 0.2) is 133 Å². The molecule has 4 aromatic rings. The van der Waals surface area contributed by atoms with Gasteiger partial charge in [-0.05, 0) is 83.7 Å². The van der Waals surface area contributed by atoms with E-state index >= 15 is 0 Å². The van der Waals surface area contributed by atoms with E-state index in [1.54, 1.807) is 0 Å². The molecule has 0 fully saturated rings. The number of esters is 2. The van der Waals surface area contributed by atoms with Gasteiger partial charge in [0.25, 0.3) is 0 Å². The number of rotatable bonds is 8. The molecule has 0 aromatic heterocycles. The summed E-state index contributed by atoms with van der Waals surface area (Å²) < 4.78 is 10.1. The summed E-state index contributed by atoms with van der Waals surface area (Å²) in [5, 5.41) is 0. The van der Waals surface area contributed by atoms with Gasteiger partial charge in [-0.25, -0.2) is 0 Å². The van der Waals surface area contributed by atoms with Gasteiger partial charge in [-0.15, -0.1) is 12.4 Å². The summed E-state index contributed by atoms with van der Waals surface area (Å²) in [5.41, 5.74) is 6.77. The van der Waals surface area contributed by atoms with E-state index in [0.29, 0.717) is 0 Å². The van der Waals surface area contributed by atoms with Crippen molar-refractivity contribution < 1.29 is 19.1 Å². The Balaban J connectivity index is 0.000000321. The molecule has 6 rings (SSSR count). The lowest BCUT2D eigenvalue weighted by Crippen LogP contribution is -2.23. The number of ether oxygens (including phenoxy) is 2. The monoisotopic (exact) mass is 680 g/mol. The van der Waals surface area contributed by atoms with Gasteiger partial charge in [0, 0.05) is 0 Å². The van der Waals surface area contributed by atoms with Gasteiger partial charge in [-0.3, -0.25) is 9.59 Å². The van der Waals surface area contributed by atoms with Crippen LogP contribution >= 0.6 is 12.4 Å². The molecule has 49 heavy (non-hydrogen) atoms. The van der Waals surface area contributed by atoms with Crippen molar-refractivity contribution in [3.63, 3.8) is 0 Å². The summed E-state index contributed by atoms with van der Waals surface area (Å²) >= 11 is 0. The van der Waals surface area contributed by atoms with Crippen LogP contribution in [-0.4, -0.2) is 26.2 Å². The highest BCUT2D eigenvalue weighted by Crippen LogP contribution is 2.36. The normalized spacial score (nSPS) is 17.3.